The van der Waals surface area contributed by atoms with Gasteiger partial charge in [0.05, 0.1) is 22.7 Å². The first-order valence-electron chi connectivity index (χ1n) is 12.5. The summed E-state index contributed by atoms with van der Waals surface area (Å²) in [4.78, 5) is 65.8. The summed E-state index contributed by atoms with van der Waals surface area (Å²) in [5.41, 5.74) is 0.274. The van der Waals surface area contributed by atoms with Crippen LogP contribution in [0.1, 0.15) is 59.2 Å². The normalized spacial score (nSPS) is 24.3. The number of carbonyl (C=O) groups is 5. The van der Waals surface area contributed by atoms with Crippen LogP contribution in [-0.2, 0) is 14.4 Å². The van der Waals surface area contributed by atoms with Gasteiger partial charge in [-0.05, 0) is 63.2 Å². The third-order valence-electron chi connectivity index (χ3n) is 7.92. The maximum Gasteiger partial charge on any atom is 0.306 e. The summed E-state index contributed by atoms with van der Waals surface area (Å²) >= 11 is 0. The number of carboxylic acids is 1. The Labute approximate surface area is 207 Å². The number of imide groups is 2. The van der Waals surface area contributed by atoms with E-state index in [0.717, 1.165) is 43.4 Å². The van der Waals surface area contributed by atoms with Crippen molar-refractivity contribution in [3.63, 3.8) is 0 Å². The van der Waals surface area contributed by atoms with Gasteiger partial charge in [-0.25, -0.2) is 4.39 Å². The van der Waals surface area contributed by atoms with E-state index in [2.05, 4.69) is 10.2 Å². The van der Waals surface area contributed by atoms with E-state index in [1.165, 1.54) is 6.07 Å². The molecule has 192 valence electrons. The molecule has 4 heterocycles. The summed E-state index contributed by atoms with van der Waals surface area (Å²) in [5.74, 6) is -3.66. The summed E-state index contributed by atoms with van der Waals surface area (Å²) in [6.45, 7) is 3.64. The fourth-order valence-corrected chi connectivity index (χ4v) is 5.81. The van der Waals surface area contributed by atoms with Crippen molar-refractivity contribution in [1.29, 1.82) is 0 Å². The van der Waals surface area contributed by atoms with Crippen molar-refractivity contribution in [3.05, 3.63) is 29.1 Å². The number of hydrogen-bond acceptors (Lipinski definition) is 7. The molecule has 0 saturated carbocycles. The largest absolute Gasteiger partial charge is 0.481 e. The minimum absolute atomic E-state index is 0.0237. The monoisotopic (exact) mass is 500 g/mol. The van der Waals surface area contributed by atoms with E-state index in [-0.39, 0.29) is 35.6 Å². The summed E-state index contributed by atoms with van der Waals surface area (Å²) in [5, 5.41) is 11.3. The number of carbonyl (C=O) groups excluding carboxylic acids is 4. The number of fused-ring (bicyclic) bond motifs is 1. The van der Waals surface area contributed by atoms with Crippen molar-refractivity contribution < 1.29 is 33.5 Å². The zero-order valence-corrected chi connectivity index (χ0v) is 19.9. The topological polar surface area (TPSA) is 127 Å². The highest BCUT2D eigenvalue weighted by atomic mass is 19.1. The van der Waals surface area contributed by atoms with E-state index in [1.807, 2.05) is 4.90 Å². The molecule has 4 aliphatic heterocycles. The highest BCUT2D eigenvalue weighted by Gasteiger charge is 2.45. The molecule has 0 aromatic heterocycles. The molecule has 3 saturated heterocycles. The van der Waals surface area contributed by atoms with Crippen molar-refractivity contribution in [3.8, 4) is 0 Å². The molecule has 3 fully saturated rings. The SMILES string of the molecule is O=C1CCC(N2C(=O)c3cc(F)c(N4CCC(CN5CCC(C(=O)O)CC5)CC4)cc3C2=O)C(=O)N1. The Kier molecular flexibility index (Phi) is 6.50. The molecule has 4 aliphatic rings. The van der Waals surface area contributed by atoms with E-state index in [4.69, 9.17) is 0 Å². The van der Waals surface area contributed by atoms with Crippen molar-refractivity contribution in [1.82, 2.24) is 15.1 Å². The average Bonchev–Trinajstić information content (AvgIpc) is 3.08. The predicted octanol–water partition coefficient (Wildman–Crippen LogP) is 1.24. The van der Waals surface area contributed by atoms with Crippen LogP contribution in [-0.4, -0.2) is 83.3 Å². The number of piperidine rings is 3. The molecule has 0 spiro atoms. The quantitative estimate of drug-likeness (QED) is 0.579. The summed E-state index contributed by atoms with van der Waals surface area (Å²) in [6.07, 6.45) is 3.08. The number of nitrogens with one attached hydrogen (secondary N) is 1. The summed E-state index contributed by atoms with van der Waals surface area (Å²) in [6, 6.07) is 1.40. The van der Waals surface area contributed by atoms with Gasteiger partial charge in [-0.15, -0.1) is 0 Å². The van der Waals surface area contributed by atoms with Gasteiger partial charge in [0.2, 0.25) is 11.8 Å². The number of anilines is 1. The number of rotatable bonds is 5. The summed E-state index contributed by atoms with van der Waals surface area (Å²) < 4.78 is 15.1. The lowest BCUT2D eigenvalue weighted by molar-refractivity contribution is -0.143. The Morgan fingerprint density at radius 2 is 1.58 bits per heavy atom. The molecule has 1 atom stereocenters. The highest BCUT2D eigenvalue weighted by molar-refractivity contribution is 6.23. The first-order chi connectivity index (χ1) is 17.2. The van der Waals surface area contributed by atoms with Gasteiger partial charge < -0.3 is 14.9 Å². The van der Waals surface area contributed by atoms with Crippen LogP contribution in [0, 0.1) is 17.7 Å². The van der Waals surface area contributed by atoms with Crippen LogP contribution in [0.2, 0.25) is 0 Å². The lowest BCUT2D eigenvalue weighted by Crippen LogP contribution is -2.54. The van der Waals surface area contributed by atoms with Crippen LogP contribution in [0.3, 0.4) is 0 Å². The maximum atomic E-state index is 15.1. The highest BCUT2D eigenvalue weighted by Crippen LogP contribution is 2.34. The molecular weight excluding hydrogens is 471 g/mol. The first kappa shape index (κ1) is 24.4. The number of likely N-dealkylation sites (tertiary alicyclic amines) is 1. The van der Waals surface area contributed by atoms with Crippen molar-refractivity contribution in [2.24, 2.45) is 11.8 Å². The Morgan fingerprint density at radius 3 is 2.19 bits per heavy atom. The number of nitrogens with zero attached hydrogens (tertiary/aromatic N) is 3. The van der Waals surface area contributed by atoms with Crippen LogP contribution in [0.4, 0.5) is 10.1 Å². The minimum atomic E-state index is -1.09. The van der Waals surface area contributed by atoms with Gasteiger partial charge in [-0.1, -0.05) is 0 Å². The molecule has 1 aromatic carbocycles. The average molecular weight is 501 g/mol. The van der Waals surface area contributed by atoms with Gasteiger partial charge in [-0.2, -0.15) is 0 Å². The van der Waals surface area contributed by atoms with Crippen LogP contribution in [0.15, 0.2) is 12.1 Å². The number of halogens is 1. The smallest absolute Gasteiger partial charge is 0.306 e. The molecule has 1 unspecified atom stereocenters. The van der Waals surface area contributed by atoms with E-state index in [1.54, 1.807) is 0 Å². The number of benzene rings is 1. The zero-order valence-electron chi connectivity index (χ0n) is 19.9. The van der Waals surface area contributed by atoms with Gasteiger partial charge in [0.25, 0.3) is 11.8 Å². The van der Waals surface area contributed by atoms with Crippen LogP contribution in [0.5, 0.6) is 0 Å². The molecule has 4 amide bonds. The second kappa shape index (κ2) is 9.61. The van der Waals surface area contributed by atoms with Crippen molar-refractivity contribution in [2.45, 2.75) is 44.6 Å². The Balaban J connectivity index is 1.23. The third-order valence-corrected chi connectivity index (χ3v) is 7.92. The third kappa shape index (κ3) is 4.47. The molecule has 36 heavy (non-hydrogen) atoms. The molecule has 0 radical (unpaired) electrons. The van der Waals surface area contributed by atoms with Gasteiger partial charge in [0.1, 0.15) is 11.9 Å². The zero-order chi connectivity index (χ0) is 25.6. The summed E-state index contributed by atoms with van der Waals surface area (Å²) in [7, 11) is 0. The molecule has 5 rings (SSSR count). The van der Waals surface area contributed by atoms with Crippen LogP contribution < -0.4 is 10.2 Å². The van der Waals surface area contributed by atoms with Gasteiger partial charge >= 0.3 is 5.97 Å². The fraction of sp³-hybridized carbons (Fsp3) is 0.560. The van der Waals surface area contributed by atoms with Crippen LogP contribution in [0.25, 0.3) is 0 Å². The maximum absolute atomic E-state index is 15.1. The number of aliphatic carboxylic acids is 1. The van der Waals surface area contributed by atoms with Crippen LogP contribution >= 0.6 is 0 Å². The molecule has 0 aliphatic carbocycles. The van der Waals surface area contributed by atoms with Gasteiger partial charge in [-0.3, -0.25) is 34.2 Å². The number of amides is 4. The molecule has 0 bridgehead atoms. The molecule has 11 heteroatoms. The first-order valence-corrected chi connectivity index (χ1v) is 12.5. The van der Waals surface area contributed by atoms with Gasteiger partial charge in [0.15, 0.2) is 0 Å². The molecule has 10 nitrogen and oxygen atoms in total. The van der Waals surface area contributed by atoms with E-state index >= 15 is 4.39 Å². The van der Waals surface area contributed by atoms with E-state index in [0.29, 0.717) is 31.8 Å². The van der Waals surface area contributed by atoms with E-state index < -0.39 is 41.5 Å². The molecular formula is C25H29FN4O6. The Bertz CT molecular complexity index is 1120. The number of carboxylic acid groups (broad SMARTS) is 1. The minimum Gasteiger partial charge on any atom is -0.481 e. The molecule has 2 N–H and O–H groups in total. The lowest BCUT2D eigenvalue weighted by Gasteiger charge is -2.38. The second-order valence-corrected chi connectivity index (χ2v) is 10.1. The Hall–Kier alpha value is -3.34. The van der Waals surface area contributed by atoms with E-state index in [9.17, 15) is 29.1 Å². The number of hydrogen-bond donors (Lipinski definition) is 2. The molecule has 1 aromatic rings. The van der Waals surface area contributed by atoms with Gasteiger partial charge in [0, 0.05) is 26.1 Å². The standard InChI is InChI=1S/C25H29FN4O6/c26-18-11-16-17(24(34)30(23(16)33)19-1-2-21(31)27-22(19)32)12-20(18)29-9-3-14(4-10-29)13-28-7-5-15(6-8-28)25(35)36/h11-12,14-15,19H,1-10,13H2,(H,35,36)(H,27,31,32). The van der Waals surface area contributed by atoms with Crippen molar-refractivity contribution in [2.75, 3.05) is 37.6 Å². The Morgan fingerprint density at radius 1 is 0.944 bits per heavy atom. The fourth-order valence-electron chi connectivity index (χ4n) is 5.81. The second-order valence-electron chi connectivity index (χ2n) is 10.1. The predicted molar refractivity (Wildman–Crippen MR) is 125 cm³/mol. The van der Waals surface area contributed by atoms with Crippen molar-refractivity contribution >= 4 is 35.3 Å². The lowest BCUT2D eigenvalue weighted by atomic mass is 9.92.